The van der Waals surface area contributed by atoms with E-state index in [0.29, 0.717) is 31.6 Å². The van der Waals surface area contributed by atoms with E-state index in [1.165, 1.54) is 7.05 Å². The van der Waals surface area contributed by atoms with E-state index >= 15 is 0 Å². The molecule has 1 amide bonds. The van der Waals surface area contributed by atoms with Crippen LogP contribution in [0.15, 0.2) is 48.5 Å². The van der Waals surface area contributed by atoms with Crippen LogP contribution >= 0.6 is 0 Å². The Morgan fingerprint density at radius 1 is 1.04 bits per heavy atom. The smallest absolute Gasteiger partial charge is 0.220 e. The van der Waals surface area contributed by atoms with E-state index in [4.69, 9.17) is 4.74 Å². The van der Waals surface area contributed by atoms with Gasteiger partial charge in [0.2, 0.25) is 15.9 Å². The fourth-order valence-corrected chi connectivity index (χ4v) is 3.24. The van der Waals surface area contributed by atoms with Crippen molar-refractivity contribution in [2.24, 2.45) is 0 Å². The number of sulfonamides is 1. The van der Waals surface area contributed by atoms with Gasteiger partial charge in [-0.1, -0.05) is 42.5 Å². The van der Waals surface area contributed by atoms with Gasteiger partial charge in [0.05, 0.1) is 12.4 Å². The Bertz CT molecular complexity index is 849. The van der Waals surface area contributed by atoms with E-state index in [2.05, 4.69) is 10.0 Å². The Balaban J connectivity index is 1.68. The molecule has 0 aliphatic rings. The molecule has 0 aromatic heterocycles. The molecule has 0 aliphatic heterocycles. The zero-order valence-corrected chi connectivity index (χ0v) is 16.5. The van der Waals surface area contributed by atoms with Gasteiger partial charge in [-0.15, -0.1) is 0 Å². The van der Waals surface area contributed by atoms with E-state index in [-0.39, 0.29) is 11.7 Å². The molecule has 146 valence electrons. The molecule has 2 aromatic rings. The van der Waals surface area contributed by atoms with Gasteiger partial charge in [-0.05, 0) is 43.1 Å². The van der Waals surface area contributed by atoms with Gasteiger partial charge in [0.25, 0.3) is 0 Å². The van der Waals surface area contributed by atoms with E-state index in [1.807, 2.05) is 43.3 Å². The van der Waals surface area contributed by atoms with Gasteiger partial charge in [-0.2, -0.15) is 0 Å². The van der Waals surface area contributed by atoms with Crippen LogP contribution in [-0.2, 0) is 27.1 Å². The van der Waals surface area contributed by atoms with Gasteiger partial charge in [-0.3, -0.25) is 4.79 Å². The third-order valence-electron chi connectivity index (χ3n) is 4.08. The monoisotopic (exact) mass is 390 g/mol. The second-order valence-corrected chi connectivity index (χ2v) is 8.20. The molecule has 6 nitrogen and oxygen atoms in total. The molecule has 0 heterocycles. The van der Waals surface area contributed by atoms with Crippen LogP contribution in [0.4, 0.5) is 0 Å². The lowest BCUT2D eigenvalue weighted by atomic mass is 10.1. The first-order chi connectivity index (χ1) is 12.9. The molecule has 0 atom stereocenters. The van der Waals surface area contributed by atoms with Crippen molar-refractivity contribution in [1.29, 1.82) is 0 Å². The van der Waals surface area contributed by atoms with Crippen molar-refractivity contribution >= 4 is 15.9 Å². The highest BCUT2D eigenvalue weighted by molar-refractivity contribution is 7.88. The second-order valence-electron chi connectivity index (χ2n) is 6.27. The van der Waals surface area contributed by atoms with Crippen LogP contribution in [0.25, 0.3) is 0 Å². The lowest BCUT2D eigenvalue weighted by molar-refractivity contribution is -0.121. The molecule has 0 unspecified atom stereocenters. The normalized spacial score (nSPS) is 11.2. The minimum Gasteiger partial charge on any atom is -0.493 e. The number of aryl methyl sites for hydroxylation is 1. The molecular weight excluding hydrogens is 364 g/mol. The SMILES string of the molecule is CNS(=O)(=O)Cc1ccc(CNC(=O)CCCOc2ccccc2C)cc1. The zero-order chi connectivity index (χ0) is 19.7. The van der Waals surface area contributed by atoms with Gasteiger partial charge in [0.15, 0.2) is 0 Å². The molecule has 0 fully saturated rings. The van der Waals surface area contributed by atoms with Crippen molar-refractivity contribution < 1.29 is 17.9 Å². The van der Waals surface area contributed by atoms with Crippen LogP contribution in [-0.4, -0.2) is 28.0 Å². The van der Waals surface area contributed by atoms with Gasteiger partial charge in [0, 0.05) is 13.0 Å². The summed E-state index contributed by atoms with van der Waals surface area (Å²) in [5.74, 6) is 0.750. The average Bonchev–Trinajstić information content (AvgIpc) is 2.66. The molecule has 27 heavy (non-hydrogen) atoms. The number of nitrogens with one attached hydrogen (secondary N) is 2. The fraction of sp³-hybridized carbons (Fsp3) is 0.350. The Morgan fingerprint density at radius 3 is 2.37 bits per heavy atom. The molecule has 0 spiro atoms. The first kappa shape index (κ1) is 20.9. The summed E-state index contributed by atoms with van der Waals surface area (Å²) in [6.07, 6.45) is 1.03. The predicted octanol–water partition coefficient (Wildman–Crippen LogP) is 2.52. The highest BCUT2D eigenvalue weighted by atomic mass is 32.2. The van der Waals surface area contributed by atoms with E-state index in [1.54, 1.807) is 12.1 Å². The highest BCUT2D eigenvalue weighted by Crippen LogP contribution is 2.16. The average molecular weight is 391 g/mol. The largest absolute Gasteiger partial charge is 0.493 e. The lowest BCUT2D eigenvalue weighted by Crippen LogP contribution is -2.23. The number of hydrogen-bond donors (Lipinski definition) is 2. The van der Waals surface area contributed by atoms with Crippen molar-refractivity contribution in [1.82, 2.24) is 10.0 Å². The standard InChI is InChI=1S/C20H26N2O4S/c1-16-6-3-4-7-19(16)26-13-5-8-20(23)22-14-17-9-11-18(12-10-17)15-27(24,25)21-2/h3-4,6-7,9-12,21H,5,8,13-15H2,1-2H3,(H,22,23). The van der Waals surface area contributed by atoms with Crippen LogP contribution in [0.5, 0.6) is 5.75 Å². The molecule has 0 saturated heterocycles. The minimum absolute atomic E-state index is 0.0368. The van der Waals surface area contributed by atoms with Gasteiger partial charge < -0.3 is 10.1 Å². The summed E-state index contributed by atoms with van der Waals surface area (Å²) < 4.78 is 31.0. The maximum Gasteiger partial charge on any atom is 0.220 e. The molecule has 7 heteroatoms. The van der Waals surface area contributed by atoms with Crippen molar-refractivity contribution in [3.8, 4) is 5.75 Å². The summed E-state index contributed by atoms with van der Waals surface area (Å²) in [4.78, 5) is 11.9. The number of amides is 1. The van der Waals surface area contributed by atoms with Gasteiger partial charge in [-0.25, -0.2) is 13.1 Å². The van der Waals surface area contributed by atoms with E-state index in [0.717, 1.165) is 16.9 Å². The molecule has 0 bridgehead atoms. The molecule has 2 aromatic carbocycles. The van der Waals surface area contributed by atoms with Crippen LogP contribution in [0.2, 0.25) is 0 Å². The number of para-hydroxylation sites is 1. The number of hydrogen-bond acceptors (Lipinski definition) is 4. The Kier molecular flexibility index (Phi) is 7.82. The zero-order valence-electron chi connectivity index (χ0n) is 15.7. The Morgan fingerprint density at radius 2 is 1.70 bits per heavy atom. The molecular formula is C20H26N2O4S. The topological polar surface area (TPSA) is 84.5 Å². The molecule has 0 aliphatic carbocycles. The number of ether oxygens (including phenoxy) is 1. The maximum absolute atomic E-state index is 11.9. The minimum atomic E-state index is -3.28. The molecule has 2 rings (SSSR count). The first-order valence-corrected chi connectivity index (χ1v) is 10.5. The second kappa shape index (κ2) is 10.1. The van der Waals surface area contributed by atoms with Gasteiger partial charge >= 0.3 is 0 Å². The summed E-state index contributed by atoms with van der Waals surface area (Å²) in [6.45, 7) is 2.89. The van der Waals surface area contributed by atoms with E-state index in [9.17, 15) is 13.2 Å². The number of rotatable bonds is 10. The lowest BCUT2D eigenvalue weighted by Gasteiger charge is -2.09. The van der Waals surface area contributed by atoms with Crippen molar-refractivity contribution in [2.45, 2.75) is 32.1 Å². The van der Waals surface area contributed by atoms with Crippen molar-refractivity contribution in [2.75, 3.05) is 13.7 Å². The van der Waals surface area contributed by atoms with Crippen LogP contribution in [0.1, 0.15) is 29.5 Å². The maximum atomic E-state index is 11.9. The van der Waals surface area contributed by atoms with Crippen molar-refractivity contribution in [3.63, 3.8) is 0 Å². The number of carbonyl (C=O) groups excluding carboxylic acids is 1. The summed E-state index contributed by atoms with van der Waals surface area (Å²) in [5, 5.41) is 2.86. The summed E-state index contributed by atoms with van der Waals surface area (Å²) in [6, 6.07) is 14.9. The third kappa shape index (κ3) is 7.40. The number of carbonyl (C=O) groups is 1. The highest BCUT2D eigenvalue weighted by Gasteiger charge is 2.08. The summed E-state index contributed by atoms with van der Waals surface area (Å²) >= 11 is 0. The van der Waals surface area contributed by atoms with Crippen LogP contribution in [0.3, 0.4) is 0 Å². The Labute approximate surface area is 161 Å². The van der Waals surface area contributed by atoms with Crippen molar-refractivity contribution in [3.05, 3.63) is 65.2 Å². The predicted molar refractivity (Wildman–Crippen MR) is 106 cm³/mol. The Hall–Kier alpha value is -2.38. The molecule has 2 N–H and O–H groups in total. The molecule has 0 saturated carbocycles. The third-order valence-corrected chi connectivity index (χ3v) is 5.42. The quantitative estimate of drug-likeness (QED) is 0.611. The summed E-state index contributed by atoms with van der Waals surface area (Å²) in [5.41, 5.74) is 2.70. The van der Waals surface area contributed by atoms with E-state index < -0.39 is 10.0 Å². The van der Waals surface area contributed by atoms with Gasteiger partial charge in [0.1, 0.15) is 5.75 Å². The fourth-order valence-electron chi connectivity index (χ4n) is 2.47. The van der Waals surface area contributed by atoms with Crippen LogP contribution in [0, 0.1) is 6.92 Å². The summed E-state index contributed by atoms with van der Waals surface area (Å²) in [7, 11) is -1.88. The number of benzene rings is 2. The first-order valence-electron chi connectivity index (χ1n) is 8.84. The molecule has 0 radical (unpaired) electrons. The van der Waals surface area contributed by atoms with Crippen LogP contribution < -0.4 is 14.8 Å².